The van der Waals surface area contributed by atoms with E-state index in [1.54, 1.807) is 25.2 Å². The van der Waals surface area contributed by atoms with E-state index in [0.717, 1.165) is 5.56 Å². The van der Waals surface area contributed by atoms with Gasteiger partial charge in [0.1, 0.15) is 0 Å². The van der Waals surface area contributed by atoms with Crippen molar-refractivity contribution in [3.05, 3.63) is 34.9 Å². The second-order valence-corrected chi connectivity index (χ2v) is 4.92. The van der Waals surface area contributed by atoms with Crippen LogP contribution in [-0.4, -0.2) is 28.9 Å². The summed E-state index contributed by atoms with van der Waals surface area (Å²) in [5.74, 6) is -1.48. The van der Waals surface area contributed by atoms with Crippen LogP contribution in [0.25, 0.3) is 0 Å². The van der Waals surface area contributed by atoms with Crippen LogP contribution in [0.4, 0.5) is 0 Å². The molecule has 0 spiro atoms. The molecular formula is C13H14ClNO3. The molecule has 1 aliphatic heterocycles. The largest absolute Gasteiger partial charge is 0.481 e. The second-order valence-electron chi connectivity index (χ2n) is 4.49. The van der Waals surface area contributed by atoms with Crippen molar-refractivity contribution in [1.29, 1.82) is 0 Å². The zero-order chi connectivity index (χ0) is 13.3. The predicted molar refractivity (Wildman–Crippen MR) is 67.3 cm³/mol. The van der Waals surface area contributed by atoms with E-state index in [1.807, 2.05) is 6.07 Å². The maximum Gasteiger partial charge on any atom is 0.308 e. The number of aliphatic carboxylic acids is 1. The summed E-state index contributed by atoms with van der Waals surface area (Å²) in [5.41, 5.74) is 0.769. The molecule has 1 aliphatic rings. The molecule has 0 aromatic heterocycles. The van der Waals surface area contributed by atoms with Crippen LogP contribution in [0.3, 0.4) is 0 Å². The summed E-state index contributed by atoms with van der Waals surface area (Å²) in [6, 6.07) is 6.58. The highest BCUT2D eigenvalue weighted by atomic mass is 35.5. The van der Waals surface area contributed by atoms with E-state index in [0.29, 0.717) is 11.4 Å². The summed E-state index contributed by atoms with van der Waals surface area (Å²) >= 11 is 5.92. The van der Waals surface area contributed by atoms with Crippen LogP contribution in [-0.2, 0) is 9.59 Å². The molecule has 4 nitrogen and oxygen atoms in total. The van der Waals surface area contributed by atoms with Crippen LogP contribution in [0, 0.1) is 5.92 Å². The lowest BCUT2D eigenvalue weighted by Gasteiger charge is -2.37. The molecule has 1 aromatic rings. The van der Waals surface area contributed by atoms with Crippen molar-refractivity contribution in [3.63, 3.8) is 0 Å². The van der Waals surface area contributed by atoms with Crippen LogP contribution in [0.2, 0.25) is 5.02 Å². The standard InChI is InChI=1S/C13H14ClNO3/c1-15-11(16)6-5-10(13(17)18)12(15)8-3-2-4-9(14)7-8/h2-4,7,10,12H,5-6H2,1H3,(H,17,18)/t10-,12-/m1/s1. The smallest absolute Gasteiger partial charge is 0.308 e. The summed E-state index contributed by atoms with van der Waals surface area (Å²) in [6.07, 6.45) is 0.653. The Balaban J connectivity index is 2.41. The van der Waals surface area contributed by atoms with Gasteiger partial charge in [-0.15, -0.1) is 0 Å². The lowest BCUT2D eigenvalue weighted by molar-refractivity contribution is -0.150. The minimum atomic E-state index is -0.876. The quantitative estimate of drug-likeness (QED) is 0.895. The van der Waals surface area contributed by atoms with Gasteiger partial charge in [-0.1, -0.05) is 23.7 Å². The molecule has 0 bridgehead atoms. The summed E-state index contributed by atoms with van der Waals surface area (Å²) in [7, 11) is 1.64. The Morgan fingerprint density at radius 1 is 1.50 bits per heavy atom. The molecule has 0 unspecified atom stereocenters. The first-order valence-electron chi connectivity index (χ1n) is 5.74. The number of benzene rings is 1. The molecule has 2 atom stereocenters. The van der Waals surface area contributed by atoms with Crippen molar-refractivity contribution in [2.75, 3.05) is 7.05 Å². The molecular weight excluding hydrogens is 254 g/mol. The molecule has 96 valence electrons. The molecule has 1 fully saturated rings. The number of rotatable bonds is 2. The van der Waals surface area contributed by atoms with Crippen LogP contribution in [0.5, 0.6) is 0 Å². The zero-order valence-corrected chi connectivity index (χ0v) is 10.7. The maximum absolute atomic E-state index is 11.7. The fraction of sp³-hybridized carbons (Fsp3) is 0.385. The number of carboxylic acids is 1. The molecule has 1 saturated heterocycles. The van der Waals surface area contributed by atoms with E-state index >= 15 is 0 Å². The zero-order valence-electron chi connectivity index (χ0n) is 9.97. The third-order valence-corrected chi connectivity index (χ3v) is 3.60. The van der Waals surface area contributed by atoms with E-state index in [1.165, 1.54) is 4.90 Å². The Hall–Kier alpha value is -1.55. The fourth-order valence-electron chi connectivity index (χ4n) is 2.44. The van der Waals surface area contributed by atoms with Gasteiger partial charge in [0.15, 0.2) is 0 Å². The van der Waals surface area contributed by atoms with E-state index in [-0.39, 0.29) is 12.3 Å². The monoisotopic (exact) mass is 267 g/mol. The van der Waals surface area contributed by atoms with Gasteiger partial charge in [-0.3, -0.25) is 9.59 Å². The van der Waals surface area contributed by atoms with Gasteiger partial charge < -0.3 is 10.0 Å². The number of carbonyl (C=O) groups is 2. The highest BCUT2D eigenvalue weighted by Crippen LogP contribution is 2.36. The predicted octanol–water partition coefficient (Wildman–Crippen LogP) is 2.33. The van der Waals surface area contributed by atoms with Gasteiger partial charge in [-0.05, 0) is 24.1 Å². The molecule has 0 saturated carbocycles. The van der Waals surface area contributed by atoms with Gasteiger partial charge in [0, 0.05) is 18.5 Å². The maximum atomic E-state index is 11.7. The molecule has 1 heterocycles. The van der Waals surface area contributed by atoms with Crippen LogP contribution >= 0.6 is 11.6 Å². The molecule has 1 N–H and O–H groups in total. The minimum absolute atomic E-state index is 0.0301. The van der Waals surface area contributed by atoms with Gasteiger partial charge in [0.2, 0.25) is 5.91 Å². The van der Waals surface area contributed by atoms with Gasteiger partial charge in [-0.25, -0.2) is 0 Å². The first-order valence-corrected chi connectivity index (χ1v) is 6.12. The van der Waals surface area contributed by atoms with E-state index in [2.05, 4.69) is 0 Å². The number of likely N-dealkylation sites (tertiary alicyclic amines) is 1. The van der Waals surface area contributed by atoms with Crippen molar-refractivity contribution in [1.82, 2.24) is 4.90 Å². The van der Waals surface area contributed by atoms with Crippen LogP contribution < -0.4 is 0 Å². The number of hydrogen-bond donors (Lipinski definition) is 1. The first kappa shape index (κ1) is 12.9. The SMILES string of the molecule is CN1C(=O)CC[C@@H](C(=O)O)[C@H]1c1cccc(Cl)c1. The van der Waals surface area contributed by atoms with Crippen LogP contribution in [0.1, 0.15) is 24.4 Å². The van der Waals surface area contributed by atoms with E-state index < -0.39 is 17.9 Å². The van der Waals surface area contributed by atoms with Gasteiger partial charge in [0.25, 0.3) is 0 Å². The topological polar surface area (TPSA) is 57.6 Å². The van der Waals surface area contributed by atoms with Gasteiger partial charge in [0.05, 0.1) is 12.0 Å². The van der Waals surface area contributed by atoms with Crippen molar-refractivity contribution in [2.24, 2.45) is 5.92 Å². The second kappa shape index (κ2) is 4.98. The molecule has 18 heavy (non-hydrogen) atoms. The summed E-state index contributed by atoms with van der Waals surface area (Å²) in [6.45, 7) is 0. The van der Waals surface area contributed by atoms with Gasteiger partial charge in [-0.2, -0.15) is 0 Å². The number of piperidine rings is 1. The number of halogens is 1. The van der Waals surface area contributed by atoms with E-state index in [4.69, 9.17) is 11.6 Å². The summed E-state index contributed by atoms with van der Waals surface area (Å²) in [5, 5.41) is 9.82. The normalized spacial score (nSPS) is 24.1. The fourth-order valence-corrected chi connectivity index (χ4v) is 2.64. The molecule has 5 heteroatoms. The average Bonchev–Trinajstić information content (AvgIpc) is 2.32. The Kier molecular flexibility index (Phi) is 3.57. The average molecular weight is 268 g/mol. The molecule has 1 aromatic carbocycles. The molecule has 2 rings (SSSR count). The number of amides is 1. The van der Waals surface area contributed by atoms with Gasteiger partial charge >= 0.3 is 5.97 Å². The molecule has 0 radical (unpaired) electrons. The Bertz CT molecular complexity index is 489. The minimum Gasteiger partial charge on any atom is -0.481 e. The lowest BCUT2D eigenvalue weighted by atomic mass is 9.85. The third kappa shape index (κ3) is 2.34. The van der Waals surface area contributed by atoms with Crippen molar-refractivity contribution in [2.45, 2.75) is 18.9 Å². The third-order valence-electron chi connectivity index (χ3n) is 3.37. The van der Waals surface area contributed by atoms with Crippen molar-refractivity contribution >= 4 is 23.5 Å². The Morgan fingerprint density at radius 2 is 2.22 bits per heavy atom. The Morgan fingerprint density at radius 3 is 2.83 bits per heavy atom. The summed E-state index contributed by atoms with van der Waals surface area (Å²) < 4.78 is 0. The lowest BCUT2D eigenvalue weighted by Crippen LogP contribution is -2.42. The number of carbonyl (C=O) groups excluding carboxylic acids is 1. The van der Waals surface area contributed by atoms with Crippen molar-refractivity contribution < 1.29 is 14.7 Å². The number of nitrogens with zero attached hydrogens (tertiary/aromatic N) is 1. The Labute approximate surface area is 110 Å². The molecule has 0 aliphatic carbocycles. The molecule has 1 amide bonds. The van der Waals surface area contributed by atoms with Crippen LogP contribution in [0.15, 0.2) is 24.3 Å². The number of carboxylic acid groups (broad SMARTS) is 1. The highest BCUT2D eigenvalue weighted by Gasteiger charge is 2.38. The first-order chi connectivity index (χ1) is 8.50. The summed E-state index contributed by atoms with van der Waals surface area (Å²) in [4.78, 5) is 24.5. The van der Waals surface area contributed by atoms with E-state index in [9.17, 15) is 14.7 Å². The highest BCUT2D eigenvalue weighted by molar-refractivity contribution is 6.30. The number of hydrogen-bond acceptors (Lipinski definition) is 2. The van der Waals surface area contributed by atoms with Crippen molar-refractivity contribution in [3.8, 4) is 0 Å².